The molecule has 1 saturated heterocycles. The quantitative estimate of drug-likeness (QED) is 0.607. The molecule has 0 unspecified atom stereocenters. The summed E-state index contributed by atoms with van der Waals surface area (Å²) in [6.45, 7) is 3.38. The smallest absolute Gasteiger partial charge is 0.326 e. The molecule has 25 heavy (non-hydrogen) atoms. The molecule has 0 aromatic heterocycles. The predicted molar refractivity (Wildman–Crippen MR) is 85.0 cm³/mol. The van der Waals surface area contributed by atoms with Gasteiger partial charge in [0, 0.05) is 5.69 Å². The maximum Gasteiger partial charge on any atom is 0.326 e. The van der Waals surface area contributed by atoms with Gasteiger partial charge in [-0.1, -0.05) is 6.07 Å². The van der Waals surface area contributed by atoms with Gasteiger partial charge in [0.05, 0.1) is 0 Å². The molecular weight excluding hydrogens is 333 g/mol. The van der Waals surface area contributed by atoms with Crippen LogP contribution in [0, 0.1) is 12.7 Å². The highest BCUT2D eigenvalue weighted by atomic mass is 19.1. The maximum absolute atomic E-state index is 13.4. The fourth-order valence-electron chi connectivity index (χ4n) is 2.15. The molecule has 0 bridgehead atoms. The molecule has 8 nitrogen and oxygen atoms in total. The van der Waals surface area contributed by atoms with Crippen LogP contribution in [0.1, 0.15) is 19.4 Å². The number of carbonyl (C=O) groups excluding carboxylic acids is 4. The number of nitrogens with zero attached hydrogens (tertiary/aromatic N) is 1. The van der Waals surface area contributed by atoms with Gasteiger partial charge in [-0.15, -0.1) is 0 Å². The van der Waals surface area contributed by atoms with Gasteiger partial charge in [0.2, 0.25) is 0 Å². The number of nitrogens with one attached hydrogen (secondary N) is 2. The Kier molecular flexibility index (Phi) is 5.05. The van der Waals surface area contributed by atoms with Gasteiger partial charge < -0.3 is 15.4 Å². The Labute approximate surface area is 143 Å². The minimum Gasteiger partial charge on any atom is -0.454 e. The summed E-state index contributed by atoms with van der Waals surface area (Å²) in [4.78, 5) is 47.7. The Morgan fingerprint density at radius 3 is 2.56 bits per heavy atom. The van der Waals surface area contributed by atoms with Crippen LogP contribution >= 0.6 is 0 Å². The van der Waals surface area contributed by atoms with Gasteiger partial charge in [-0.25, -0.2) is 9.18 Å². The monoisotopic (exact) mass is 351 g/mol. The number of hydrogen-bond acceptors (Lipinski definition) is 5. The third-order valence-electron chi connectivity index (χ3n) is 3.55. The van der Waals surface area contributed by atoms with Gasteiger partial charge in [0.15, 0.2) is 6.61 Å². The SMILES string of the molecule is Cc1ccc(NC(=O)COC(=O)CN2C(=O)NC(C)(C)C2=O)cc1F. The number of rotatable bonds is 5. The topological polar surface area (TPSA) is 105 Å². The number of esters is 1. The lowest BCUT2D eigenvalue weighted by molar-refractivity contribution is -0.150. The van der Waals surface area contributed by atoms with Crippen molar-refractivity contribution >= 4 is 29.5 Å². The van der Waals surface area contributed by atoms with Crippen molar-refractivity contribution in [1.82, 2.24) is 10.2 Å². The Morgan fingerprint density at radius 1 is 1.32 bits per heavy atom. The van der Waals surface area contributed by atoms with Crippen molar-refractivity contribution in [3.63, 3.8) is 0 Å². The van der Waals surface area contributed by atoms with E-state index in [1.165, 1.54) is 26.0 Å². The first kappa shape index (κ1) is 18.4. The summed E-state index contributed by atoms with van der Waals surface area (Å²) in [6, 6.07) is 3.44. The molecule has 0 atom stereocenters. The average molecular weight is 351 g/mol. The van der Waals surface area contributed by atoms with Crippen molar-refractivity contribution in [1.29, 1.82) is 0 Å². The van der Waals surface area contributed by atoms with Gasteiger partial charge in [0.25, 0.3) is 11.8 Å². The summed E-state index contributed by atoms with van der Waals surface area (Å²) < 4.78 is 18.1. The molecule has 0 saturated carbocycles. The van der Waals surface area contributed by atoms with E-state index in [0.717, 1.165) is 11.0 Å². The molecule has 134 valence electrons. The van der Waals surface area contributed by atoms with Crippen LogP contribution in [-0.2, 0) is 19.1 Å². The molecule has 4 amide bonds. The molecule has 0 radical (unpaired) electrons. The highest BCUT2D eigenvalue weighted by molar-refractivity contribution is 6.08. The molecule has 2 rings (SSSR count). The summed E-state index contributed by atoms with van der Waals surface area (Å²) in [5.41, 5.74) is -0.439. The minimum absolute atomic E-state index is 0.222. The number of halogens is 1. The standard InChI is InChI=1S/C16H18FN3O5/c1-9-4-5-10(6-11(9)17)18-12(21)8-25-13(22)7-20-14(23)16(2,3)19-15(20)24/h4-6H,7-8H2,1-3H3,(H,18,21)(H,19,24). The first-order valence-corrected chi connectivity index (χ1v) is 7.46. The van der Waals surface area contributed by atoms with Crippen LogP contribution in [0.15, 0.2) is 18.2 Å². The number of amides is 4. The van der Waals surface area contributed by atoms with Crippen LogP contribution in [0.25, 0.3) is 0 Å². The molecule has 1 heterocycles. The zero-order valence-corrected chi connectivity index (χ0v) is 14.0. The number of benzene rings is 1. The number of urea groups is 1. The molecule has 0 spiro atoms. The number of ether oxygens (including phenoxy) is 1. The van der Waals surface area contributed by atoms with Gasteiger partial charge in [0.1, 0.15) is 17.9 Å². The van der Waals surface area contributed by atoms with E-state index < -0.39 is 48.3 Å². The average Bonchev–Trinajstić information content (AvgIpc) is 2.71. The van der Waals surface area contributed by atoms with Gasteiger partial charge >= 0.3 is 12.0 Å². The second kappa shape index (κ2) is 6.88. The zero-order valence-electron chi connectivity index (χ0n) is 14.0. The maximum atomic E-state index is 13.4. The second-order valence-electron chi connectivity index (χ2n) is 6.12. The fourth-order valence-corrected chi connectivity index (χ4v) is 2.15. The van der Waals surface area contributed by atoms with E-state index >= 15 is 0 Å². The van der Waals surface area contributed by atoms with E-state index in [-0.39, 0.29) is 5.69 Å². The number of aryl methyl sites for hydroxylation is 1. The lowest BCUT2D eigenvalue weighted by Gasteiger charge is -2.15. The van der Waals surface area contributed by atoms with Crippen molar-refractivity contribution in [3.8, 4) is 0 Å². The van der Waals surface area contributed by atoms with Gasteiger partial charge in [-0.3, -0.25) is 19.3 Å². The number of anilines is 1. The first-order valence-electron chi connectivity index (χ1n) is 7.46. The van der Waals surface area contributed by atoms with Crippen LogP contribution < -0.4 is 10.6 Å². The van der Waals surface area contributed by atoms with Crippen molar-refractivity contribution < 1.29 is 28.3 Å². The fraction of sp³-hybridized carbons (Fsp3) is 0.375. The summed E-state index contributed by atoms with van der Waals surface area (Å²) >= 11 is 0. The summed E-state index contributed by atoms with van der Waals surface area (Å²) in [5, 5.41) is 4.79. The second-order valence-corrected chi connectivity index (χ2v) is 6.12. The largest absolute Gasteiger partial charge is 0.454 e. The minimum atomic E-state index is -1.09. The lowest BCUT2D eigenvalue weighted by Crippen LogP contribution is -2.41. The van der Waals surface area contributed by atoms with E-state index in [2.05, 4.69) is 10.6 Å². The highest BCUT2D eigenvalue weighted by Gasteiger charge is 2.45. The molecular formula is C16H18FN3O5. The van der Waals surface area contributed by atoms with Crippen LogP contribution in [0.4, 0.5) is 14.9 Å². The number of hydrogen-bond donors (Lipinski definition) is 2. The molecule has 1 aliphatic heterocycles. The van der Waals surface area contributed by atoms with Gasteiger partial charge in [-0.05, 0) is 38.5 Å². The van der Waals surface area contributed by atoms with Crippen molar-refractivity contribution in [2.45, 2.75) is 26.3 Å². The van der Waals surface area contributed by atoms with Crippen molar-refractivity contribution in [2.24, 2.45) is 0 Å². The predicted octanol–water partition coefficient (Wildman–Crippen LogP) is 0.946. The third-order valence-corrected chi connectivity index (χ3v) is 3.55. The Bertz CT molecular complexity index is 747. The summed E-state index contributed by atoms with van der Waals surface area (Å²) in [7, 11) is 0. The van der Waals surface area contributed by atoms with Crippen LogP contribution in [0.5, 0.6) is 0 Å². The van der Waals surface area contributed by atoms with E-state index in [1.807, 2.05) is 0 Å². The highest BCUT2D eigenvalue weighted by Crippen LogP contribution is 2.16. The van der Waals surface area contributed by atoms with Crippen LogP contribution in [0.2, 0.25) is 0 Å². The van der Waals surface area contributed by atoms with E-state index in [1.54, 1.807) is 6.92 Å². The van der Waals surface area contributed by atoms with Crippen molar-refractivity contribution in [3.05, 3.63) is 29.6 Å². The lowest BCUT2D eigenvalue weighted by atomic mass is 10.1. The van der Waals surface area contributed by atoms with Crippen LogP contribution in [-0.4, -0.2) is 47.4 Å². The normalized spacial score (nSPS) is 15.8. The number of carbonyl (C=O) groups is 4. The van der Waals surface area contributed by atoms with Crippen LogP contribution in [0.3, 0.4) is 0 Å². The molecule has 1 fully saturated rings. The molecule has 9 heteroatoms. The van der Waals surface area contributed by atoms with E-state index in [4.69, 9.17) is 4.74 Å². The molecule has 2 N–H and O–H groups in total. The van der Waals surface area contributed by atoms with Crippen molar-refractivity contribution in [2.75, 3.05) is 18.5 Å². The Morgan fingerprint density at radius 2 is 2.00 bits per heavy atom. The molecule has 1 aromatic rings. The Hall–Kier alpha value is -2.97. The zero-order chi connectivity index (χ0) is 18.8. The van der Waals surface area contributed by atoms with Gasteiger partial charge in [-0.2, -0.15) is 0 Å². The molecule has 0 aliphatic carbocycles. The Balaban J connectivity index is 1.83. The van der Waals surface area contributed by atoms with E-state index in [9.17, 15) is 23.6 Å². The van der Waals surface area contributed by atoms with E-state index in [0.29, 0.717) is 5.56 Å². The number of imide groups is 1. The summed E-state index contributed by atoms with van der Waals surface area (Å²) in [6.07, 6.45) is 0. The first-order chi connectivity index (χ1) is 11.6. The summed E-state index contributed by atoms with van der Waals surface area (Å²) in [5.74, 6) is -2.62. The third kappa shape index (κ3) is 4.31. The molecule has 1 aliphatic rings. The molecule has 1 aromatic carbocycles.